The molecule has 1 aromatic heterocycles. The number of carbonyl (C=O) groups is 1. The minimum atomic E-state index is 0.0583. The van der Waals surface area contributed by atoms with Crippen molar-refractivity contribution in [3.63, 3.8) is 0 Å². The van der Waals surface area contributed by atoms with Crippen LogP contribution in [0.2, 0.25) is 0 Å². The van der Waals surface area contributed by atoms with E-state index in [4.69, 9.17) is 4.42 Å². The number of aryl methyl sites for hydroxylation is 2. The van der Waals surface area contributed by atoms with Crippen LogP contribution in [-0.4, -0.2) is 34.8 Å². The second-order valence-corrected chi connectivity index (χ2v) is 7.40. The Balaban J connectivity index is 1.38. The van der Waals surface area contributed by atoms with Crippen molar-refractivity contribution in [1.82, 2.24) is 9.88 Å². The van der Waals surface area contributed by atoms with Crippen molar-refractivity contribution in [2.75, 3.05) is 13.1 Å². The maximum Gasteiger partial charge on any atom is 0.191 e. The summed E-state index contributed by atoms with van der Waals surface area (Å²) in [7, 11) is 0. The zero-order valence-corrected chi connectivity index (χ0v) is 15.0. The summed E-state index contributed by atoms with van der Waals surface area (Å²) in [5.74, 6) is 0.604. The van der Waals surface area contributed by atoms with Gasteiger partial charge in [-0.05, 0) is 48.8 Å². The Kier molecular flexibility index (Phi) is 4.71. The van der Waals surface area contributed by atoms with Crippen LogP contribution in [0.15, 0.2) is 28.9 Å². The van der Waals surface area contributed by atoms with Gasteiger partial charge in [0.25, 0.3) is 0 Å². The van der Waals surface area contributed by atoms with Gasteiger partial charge in [-0.1, -0.05) is 24.6 Å². The van der Waals surface area contributed by atoms with Crippen molar-refractivity contribution in [2.24, 2.45) is 0 Å². The summed E-state index contributed by atoms with van der Waals surface area (Å²) in [6.07, 6.45) is 9.17. The quantitative estimate of drug-likeness (QED) is 0.779. The number of oxazole rings is 1. The lowest BCUT2D eigenvalue weighted by Gasteiger charge is -2.36. The predicted molar refractivity (Wildman–Crippen MR) is 97.0 cm³/mol. The van der Waals surface area contributed by atoms with Crippen LogP contribution in [0.3, 0.4) is 0 Å². The van der Waals surface area contributed by atoms with E-state index in [1.165, 1.54) is 55.3 Å². The number of nitrogens with zero attached hydrogens (tertiary/aromatic N) is 2. The highest BCUT2D eigenvalue weighted by molar-refractivity contribution is 5.94. The van der Waals surface area contributed by atoms with Crippen LogP contribution in [0.25, 0.3) is 0 Å². The summed E-state index contributed by atoms with van der Waals surface area (Å²) in [4.78, 5) is 19.0. The van der Waals surface area contributed by atoms with E-state index >= 15 is 0 Å². The third-order valence-corrected chi connectivity index (χ3v) is 5.74. The summed E-state index contributed by atoms with van der Waals surface area (Å²) in [5.41, 5.74) is 4.67. The molecule has 25 heavy (non-hydrogen) atoms. The number of aromatic nitrogens is 1. The molecular formula is C21H26N2O2. The largest absolute Gasteiger partial charge is 0.449 e. The van der Waals surface area contributed by atoms with E-state index in [-0.39, 0.29) is 5.78 Å². The predicted octanol–water partition coefficient (Wildman–Crippen LogP) is 3.75. The van der Waals surface area contributed by atoms with Gasteiger partial charge in [0.1, 0.15) is 12.0 Å². The molecule has 1 aromatic carbocycles. The highest BCUT2D eigenvalue weighted by Crippen LogP contribution is 2.27. The maximum atomic E-state index is 12.2. The van der Waals surface area contributed by atoms with Gasteiger partial charge in [-0.3, -0.25) is 9.69 Å². The molecule has 1 aliphatic heterocycles. The molecule has 4 rings (SSSR count). The van der Waals surface area contributed by atoms with Gasteiger partial charge in [-0.25, -0.2) is 4.98 Å². The average Bonchev–Trinajstić information content (AvgIpc) is 2.90. The minimum Gasteiger partial charge on any atom is -0.449 e. The van der Waals surface area contributed by atoms with Crippen LogP contribution in [-0.2, 0) is 19.3 Å². The van der Waals surface area contributed by atoms with Gasteiger partial charge in [0.15, 0.2) is 11.7 Å². The molecule has 132 valence electrons. The van der Waals surface area contributed by atoms with Crippen molar-refractivity contribution in [3.8, 4) is 0 Å². The third-order valence-electron chi connectivity index (χ3n) is 5.74. The highest BCUT2D eigenvalue weighted by Gasteiger charge is 2.26. The molecule has 1 aliphatic carbocycles. The molecular weight excluding hydrogens is 312 g/mol. The van der Waals surface area contributed by atoms with Gasteiger partial charge in [-0.2, -0.15) is 0 Å². The first kappa shape index (κ1) is 16.5. The zero-order chi connectivity index (χ0) is 17.2. The Morgan fingerprint density at radius 2 is 2.04 bits per heavy atom. The second kappa shape index (κ2) is 7.12. The normalized spacial score (nSPS) is 18.4. The van der Waals surface area contributed by atoms with E-state index in [2.05, 4.69) is 28.1 Å². The fraction of sp³-hybridized carbons (Fsp3) is 0.524. The minimum absolute atomic E-state index is 0.0583. The number of Topliss-reactive ketones (excluding diaryl/α,β-unsaturated/α-hetero) is 1. The van der Waals surface area contributed by atoms with Gasteiger partial charge in [-0.15, -0.1) is 0 Å². The van der Waals surface area contributed by atoms with E-state index < -0.39 is 0 Å². The Bertz CT molecular complexity index is 761. The number of rotatable bonds is 5. The molecule has 0 radical (unpaired) electrons. The number of ketones is 1. The van der Waals surface area contributed by atoms with Crippen LogP contribution >= 0.6 is 0 Å². The Hall–Kier alpha value is -1.94. The Morgan fingerprint density at radius 3 is 2.72 bits per heavy atom. The van der Waals surface area contributed by atoms with Gasteiger partial charge < -0.3 is 4.42 Å². The van der Waals surface area contributed by atoms with E-state index in [1.54, 1.807) is 6.92 Å². The van der Waals surface area contributed by atoms with E-state index in [0.717, 1.165) is 25.3 Å². The number of benzene rings is 1. The summed E-state index contributed by atoms with van der Waals surface area (Å²) >= 11 is 0. The first-order chi connectivity index (χ1) is 12.2. The number of hydrogen-bond acceptors (Lipinski definition) is 4. The molecule has 1 saturated carbocycles. The molecule has 0 bridgehead atoms. The summed E-state index contributed by atoms with van der Waals surface area (Å²) in [6, 6.07) is 7.62. The molecule has 0 atom stereocenters. The molecule has 0 spiro atoms. The Labute approximate surface area is 149 Å². The highest BCUT2D eigenvalue weighted by atomic mass is 16.3. The molecule has 4 nitrogen and oxygen atoms in total. The first-order valence-electron chi connectivity index (χ1n) is 9.49. The van der Waals surface area contributed by atoms with Crippen LogP contribution < -0.4 is 0 Å². The van der Waals surface area contributed by atoms with E-state index in [1.807, 2.05) is 0 Å². The SMILES string of the molecule is Cc1nc(C(=O)CCc2ccc3c(c2)CCN(C2CCC2)CC3)co1. The van der Waals surface area contributed by atoms with Gasteiger partial charge in [0, 0.05) is 32.5 Å². The molecule has 0 N–H and O–H groups in total. The standard InChI is InChI=1S/C21H26N2O2/c1-15-22-20(14-25-15)21(24)8-6-16-5-7-17-9-11-23(19-3-2-4-19)12-10-18(17)13-16/h5,7,13-14,19H,2-4,6,8-12H2,1H3. The molecule has 2 aliphatic rings. The molecule has 1 fully saturated rings. The smallest absolute Gasteiger partial charge is 0.191 e. The second-order valence-electron chi connectivity index (χ2n) is 7.40. The van der Waals surface area contributed by atoms with Gasteiger partial charge in [0.2, 0.25) is 0 Å². The lowest BCUT2D eigenvalue weighted by molar-refractivity contribution is 0.0978. The Morgan fingerprint density at radius 1 is 1.24 bits per heavy atom. The summed E-state index contributed by atoms with van der Waals surface area (Å²) in [5, 5.41) is 0. The number of hydrogen-bond donors (Lipinski definition) is 0. The van der Waals surface area contributed by atoms with Crippen LogP contribution in [0, 0.1) is 6.92 Å². The van der Waals surface area contributed by atoms with Crippen molar-refractivity contribution in [3.05, 3.63) is 52.7 Å². The molecule has 2 aromatic rings. The lowest BCUT2D eigenvalue weighted by atomic mass is 9.91. The topological polar surface area (TPSA) is 46.3 Å². The van der Waals surface area contributed by atoms with Gasteiger partial charge >= 0.3 is 0 Å². The molecule has 0 saturated heterocycles. The number of fused-ring (bicyclic) bond motifs is 1. The van der Waals surface area contributed by atoms with Crippen LogP contribution in [0.5, 0.6) is 0 Å². The summed E-state index contributed by atoms with van der Waals surface area (Å²) in [6.45, 7) is 4.13. The molecule has 0 unspecified atom stereocenters. The van der Waals surface area contributed by atoms with Crippen molar-refractivity contribution in [2.45, 2.75) is 57.9 Å². The molecule has 4 heteroatoms. The fourth-order valence-electron chi connectivity index (χ4n) is 3.95. The maximum absolute atomic E-state index is 12.2. The molecule has 0 amide bonds. The van der Waals surface area contributed by atoms with E-state index in [0.29, 0.717) is 18.0 Å². The number of carbonyl (C=O) groups excluding carboxylic acids is 1. The first-order valence-corrected chi connectivity index (χ1v) is 9.49. The van der Waals surface area contributed by atoms with Crippen LogP contribution in [0.4, 0.5) is 0 Å². The van der Waals surface area contributed by atoms with Crippen molar-refractivity contribution >= 4 is 5.78 Å². The van der Waals surface area contributed by atoms with Crippen molar-refractivity contribution < 1.29 is 9.21 Å². The third kappa shape index (κ3) is 3.69. The van der Waals surface area contributed by atoms with Gasteiger partial charge in [0.05, 0.1) is 0 Å². The summed E-state index contributed by atoms with van der Waals surface area (Å²) < 4.78 is 5.13. The van der Waals surface area contributed by atoms with Crippen molar-refractivity contribution in [1.29, 1.82) is 0 Å². The average molecular weight is 338 g/mol. The van der Waals surface area contributed by atoms with Crippen LogP contribution in [0.1, 0.15) is 58.8 Å². The molecule has 2 heterocycles. The monoisotopic (exact) mass is 338 g/mol. The zero-order valence-electron chi connectivity index (χ0n) is 15.0. The lowest BCUT2D eigenvalue weighted by Crippen LogP contribution is -2.41. The fourth-order valence-corrected chi connectivity index (χ4v) is 3.95. The van der Waals surface area contributed by atoms with E-state index in [9.17, 15) is 4.79 Å².